The Hall–Kier alpha value is -1.01. The van der Waals surface area contributed by atoms with Crippen LogP contribution < -0.4 is 5.32 Å². The van der Waals surface area contributed by atoms with Crippen LogP contribution in [-0.4, -0.2) is 19.1 Å². The molecule has 0 bridgehead atoms. The van der Waals surface area contributed by atoms with Gasteiger partial charge in [-0.1, -0.05) is 11.6 Å². The van der Waals surface area contributed by atoms with E-state index in [0.29, 0.717) is 28.7 Å². The fraction of sp³-hybridized carbons (Fsp3) is 0.308. The van der Waals surface area contributed by atoms with Crippen LogP contribution in [-0.2, 0) is 17.9 Å². The number of nitrogens with zero attached hydrogens (tertiary/aromatic N) is 1. The molecule has 1 aromatic carbocycles. The van der Waals surface area contributed by atoms with Gasteiger partial charge in [0.1, 0.15) is 10.8 Å². The first-order valence-electron chi connectivity index (χ1n) is 5.73. The summed E-state index contributed by atoms with van der Waals surface area (Å²) in [5.41, 5.74) is 1.31. The molecule has 0 aliphatic heterocycles. The third-order valence-corrected chi connectivity index (χ3v) is 3.92. The maximum absolute atomic E-state index is 13.9. The van der Waals surface area contributed by atoms with Crippen molar-refractivity contribution in [2.75, 3.05) is 14.2 Å². The van der Waals surface area contributed by atoms with E-state index in [0.717, 1.165) is 10.6 Å². The molecular weight excluding hydrogens is 287 g/mol. The molecule has 3 nitrogen and oxygen atoms in total. The zero-order valence-corrected chi connectivity index (χ0v) is 12.2. The number of nitrogens with one attached hydrogen (secondary N) is 1. The number of hydrogen-bond donors (Lipinski definition) is 1. The second-order valence-corrected chi connectivity index (χ2v) is 5.50. The van der Waals surface area contributed by atoms with Gasteiger partial charge in [-0.2, -0.15) is 0 Å². The van der Waals surface area contributed by atoms with Crippen LogP contribution in [0, 0.1) is 5.82 Å². The van der Waals surface area contributed by atoms with E-state index in [1.165, 1.54) is 17.4 Å². The van der Waals surface area contributed by atoms with Crippen molar-refractivity contribution in [1.82, 2.24) is 10.3 Å². The lowest BCUT2D eigenvalue weighted by atomic mass is 10.2. The summed E-state index contributed by atoms with van der Waals surface area (Å²) in [4.78, 5) is 5.50. The molecular formula is C13H14ClFN2OS. The molecule has 1 N–H and O–H groups in total. The van der Waals surface area contributed by atoms with E-state index < -0.39 is 0 Å². The first kappa shape index (κ1) is 14.4. The summed E-state index contributed by atoms with van der Waals surface area (Å²) in [6.07, 6.45) is 0. The van der Waals surface area contributed by atoms with Crippen molar-refractivity contribution < 1.29 is 9.13 Å². The highest BCUT2D eigenvalue weighted by Crippen LogP contribution is 2.31. The third kappa shape index (κ3) is 3.30. The highest BCUT2D eigenvalue weighted by molar-refractivity contribution is 7.15. The summed E-state index contributed by atoms with van der Waals surface area (Å²) in [7, 11) is 3.48. The van der Waals surface area contributed by atoms with Crippen molar-refractivity contribution >= 4 is 22.9 Å². The summed E-state index contributed by atoms with van der Waals surface area (Å²) in [5.74, 6) is -0.360. The average Bonchev–Trinajstić information content (AvgIpc) is 2.73. The minimum atomic E-state index is -0.360. The first-order chi connectivity index (χ1) is 9.15. The van der Waals surface area contributed by atoms with Gasteiger partial charge in [-0.05, 0) is 25.2 Å². The Morgan fingerprint density at radius 3 is 2.89 bits per heavy atom. The van der Waals surface area contributed by atoms with Crippen LogP contribution in [0.1, 0.15) is 10.6 Å². The number of ether oxygens (including phenoxy) is 1. The third-order valence-electron chi connectivity index (χ3n) is 2.56. The molecule has 1 aromatic heterocycles. The Balaban J connectivity index is 2.41. The van der Waals surface area contributed by atoms with Crippen LogP contribution in [0.3, 0.4) is 0 Å². The molecule has 1 heterocycles. The summed E-state index contributed by atoms with van der Waals surface area (Å²) in [6.45, 7) is 1.11. The molecule has 0 radical (unpaired) electrons. The van der Waals surface area contributed by atoms with Gasteiger partial charge in [0.2, 0.25) is 0 Å². The van der Waals surface area contributed by atoms with E-state index >= 15 is 0 Å². The van der Waals surface area contributed by atoms with Gasteiger partial charge in [-0.3, -0.25) is 0 Å². The predicted molar refractivity (Wildman–Crippen MR) is 76.0 cm³/mol. The predicted octanol–water partition coefficient (Wildman–Crippen LogP) is 3.47. The van der Waals surface area contributed by atoms with Crippen LogP contribution in [0.5, 0.6) is 0 Å². The van der Waals surface area contributed by atoms with E-state index in [2.05, 4.69) is 10.3 Å². The Morgan fingerprint density at radius 2 is 2.26 bits per heavy atom. The Bertz CT molecular complexity index is 550. The largest absolute Gasteiger partial charge is 0.378 e. The Kier molecular flexibility index (Phi) is 4.87. The molecule has 0 atom stereocenters. The van der Waals surface area contributed by atoms with Gasteiger partial charge in [0.05, 0.1) is 12.3 Å². The molecule has 0 unspecified atom stereocenters. The number of benzene rings is 1. The van der Waals surface area contributed by atoms with Gasteiger partial charge >= 0.3 is 0 Å². The van der Waals surface area contributed by atoms with E-state index in [4.69, 9.17) is 16.3 Å². The Labute approximate surface area is 120 Å². The highest BCUT2D eigenvalue weighted by Gasteiger charge is 2.15. The van der Waals surface area contributed by atoms with Crippen molar-refractivity contribution in [1.29, 1.82) is 0 Å². The number of halogens is 2. The zero-order valence-electron chi connectivity index (χ0n) is 10.7. The SMILES string of the molecule is CNCc1sc(-c2ccc(Cl)cc2F)nc1COC. The van der Waals surface area contributed by atoms with Crippen LogP contribution in [0.15, 0.2) is 18.2 Å². The van der Waals surface area contributed by atoms with Gasteiger partial charge < -0.3 is 10.1 Å². The maximum atomic E-state index is 13.9. The van der Waals surface area contributed by atoms with Crippen molar-refractivity contribution in [3.8, 4) is 10.6 Å². The van der Waals surface area contributed by atoms with Crippen molar-refractivity contribution in [2.45, 2.75) is 13.2 Å². The highest BCUT2D eigenvalue weighted by atomic mass is 35.5. The molecule has 0 fully saturated rings. The molecule has 102 valence electrons. The van der Waals surface area contributed by atoms with E-state index in [1.54, 1.807) is 19.2 Å². The lowest BCUT2D eigenvalue weighted by Gasteiger charge is -1.99. The quantitative estimate of drug-likeness (QED) is 0.918. The second-order valence-electron chi connectivity index (χ2n) is 3.98. The first-order valence-corrected chi connectivity index (χ1v) is 6.92. The van der Waals surface area contributed by atoms with Crippen LogP contribution in [0.2, 0.25) is 5.02 Å². The van der Waals surface area contributed by atoms with Crippen molar-refractivity contribution in [3.05, 3.63) is 39.6 Å². The van der Waals surface area contributed by atoms with Gasteiger partial charge in [0.15, 0.2) is 0 Å². The van der Waals surface area contributed by atoms with Crippen molar-refractivity contribution in [3.63, 3.8) is 0 Å². The molecule has 0 aliphatic rings. The number of thiazole rings is 1. The summed E-state index contributed by atoms with van der Waals surface area (Å²) < 4.78 is 19.0. The van der Waals surface area contributed by atoms with Gasteiger partial charge in [0, 0.05) is 29.1 Å². The molecule has 0 saturated carbocycles. The molecule has 0 amide bonds. The fourth-order valence-corrected chi connectivity index (χ4v) is 2.97. The van der Waals surface area contributed by atoms with E-state index in [-0.39, 0.29) is 5.82 Å². The topological polar surface area (TPSA) is 34.2 Å². The smallest absolute Gasteiger partial charge is 0.134 e. The lowest BCUT2D eigenvalue weighted by Crippen LogP contribution is -2.06. The van der Waals surface area contributed by atoms with Gasteiger partial charge in [-0.15, -0.1) is 11.3 Å². The summed E-state index contributed by atoms with van der Waals surface area (Å²) >= 11 is 7.21. The zero-order chi connectivity index (χ0) is 13.8. The monoisotopic (exact) mass is 300 g/mol. The van der Waals surface area contributed by atoms with Gasteiger partial charge in [-0.25, -0.2) is 9.37 Å². The minimum absolute atomic E-state index is 0.360. The molecule has 19 heavy (non-hydrogen) atoms. The van der Waals surface area contributed by atoms with Gasteiger partial charge in [0.25, 0.3) is 0 Å². The maximum Gasteiger partial charge on any atom is 0.134 e. The second kappa shape index (κ2) is 6.43. The standard InChI is InChI=1S/C13H14ClFN2OS/c1-16-6-12-11(7-18-2)17-13(19-12)9-4-3-8(14)5-10(9)15/h3-5,16H,6-7H2,1-2H3. The van der Waals surface area contributed by atoms with Crippen molar-refractivity contribution in [2.24, 2.45) is 0 Å². The van der Waals surface area contributed by atoms with E-state index in [9.17, 15) is 4.39 Å². The molecule has 2 aromatic rings. The van der Waals surface area contributed by atoms with Crippen LogP contribution >= 0.6 is 22.9 Å². The normalized spacial score (nSPS) is 10.9. The molecule has 6 heteroatoms. The average molecular weight is 301 g/mol. The van der Waals surface area contributed by atoms with Crippen LogP contribution in [0.25, 0.3) is 10.6 Å². The molecule has 0 spiro atoms. The number of methoxy groups -OCH3 is 1. The van der Waals surface area contributed by atoms with Crippen LogP contribution in [0.4, 0.5) is 4.39 Å². The Morgan fingerprint density at radius 1 is 1.47 bits per heavy atom. The molecule has 2 rings (SSSR count). The fourth-order valence-electron chi connectivity index (χ4n) is 1.71. The minimum Gasteiger partial charge on any atom is -0.378 e. The number of hydrogen-bond acceptors (Lipinski definition) is 4. The number of aromatic nitrogens is 1. The molecule has 0 aliphatic carbocycles. The molecule has 0 saturated heterocycles. The van der Waals surface area contributed by atoms with E-state index in [1.807, 2.05) is 7.05 Å². The number of rotatable bonds is 5. The summed E-state index contributed by atoms with van der Waals surface area (Å²) in [6, 6.07) is 4.61. The summed E-state index contributed by atoms with van der Waals surface area (Å²) in [5, 5.41) is 4.10. The lowest BCUT2D eigenvalue weighted by molar-refractivity contribution is 0.181.